The molecular weight excluding hydrogens is 289 g/mol. The van der Waals surface area contributed by atoms with E-state index in [1.807, 2.05) is 6.07 Å². The molecule has 1 aromatic heterocycles. The van der Waals surface area contributed by atoms with Crippen molar-refractivity contribution in [3.8, 4) is 0 Å². The predicted molar refractivity (Wildman–Crippen MR) is 77.6 cm³/mol. The highest BCUT2D eigenvalue weighted by Crippen LogP contribution is 2.39. The molecule has 3 heterocycles. The van der Waals surface area contributed by atoms with Gasteiger partial charge in [-0.3, -0.25) is 0 Å². The molecule has 2 saturated heterocycles. The molecule has 21 heavy (non-hydrogen) atoms. The quantitative estimate of drug-likeness (QED) is 0.880. The molecule has 2 aromatic rings. The van der Waals surface area contributed by atoms with E-state index in [2.05, 4.69) is 15.5 Å². The highest BCUT2D eigenvalue weighted by Gasteiger charge is 2.42. The zero-order chi connectivity index (χ0) is 14.2. The first kappa shape index (κ1) is 13.3. The van der Waals surface area contributed by atoms with Crippen LogP contribution in [0.5, 0.6) is 0 Å². The zero-order valence-corrected chi connectivity index (χ0v) is 12.3. The van der Waals surface area contributed by atoms with Gasteiger partial charge in [0.1, 0.15) is 5.82 Å². The lowest BCUT2D eigenvalue weighted by Gasteiger charge is -2.15. The van der Waals surface area contributed by atoms with E-state index in [0.29, 0.717) is 34.5 Å². The Hall–Kier alpha value is -1.40. The molecule has 110 valence electrons. The summed E-state index contributed by atoms with van der Waals surface area (Å²) in [5.41, 5.74) is 0. The Labute approximate surface area is 126 Å². The Balaban J connectivity index is 1.42. The van der Waals surface area contributed by atoms with Crippen LogP contribution in [-0.4, -0.2) is 22.2 Å². The first-order valence-electron chi connectivity index (χ1n) is 7.25. The number of halogens is 1. The molecule has 6 heteroatoms. The van der Waals surface area contributed by atoms with E-state index in [9.17, 15) is 4.39 Å². The zero-order valence-electron chi connectivity index (χ0n) is 11.5. The summed E-state index contributed by atoms with van der Waals surface area (Å²) in [5, 5.41) is 7.60. The number of nitrogens with one attached hydrogen (secondary N) is 1. The predicted octanol–water partition coefficient (Wildman–Crippen LogP) is 3.11. The van der Waals surface area contributed by atoms with Gasteiger partial charge in [0, 0.05) is 17.0 Å². The van der Waals surface area contributed by atoms with Gasteiger partial charge in [0.25, 0.3) is 0 Å². The van der Waals surface area contributed by atoms with Gasteiger partial charge in [-0.25, -0.2) is 4.39 Å². The van der Waals surface area contributed by atoms with Gasteiger partial charge in [0.05, 0.1) is 11.7 Å². The van der Waals surface area contributed by atoms with Crippen LogP contribution in [0.1, 0.15) is 36.9 Å². The lowest BCUT2D eigenvalue weighted by Crippen LogP contribution is -2.21. The SMILES string of the molecule is Fc1ccccc1SCc1noc(C2CC3CCC2N3)n1. The van der Waals surface area contributed by atoms with E-state index in [4.69, 9.17) is 4.52 Å². The Kier molecular flexibility index (Phi) is 3.43. The van der Waals surface area contributed by atoms with Crippen LogP contribution in [0.2, 0.25) is 0 Å². The molecule has 3 unspecified atom stereocenters. The summed E-state index contributed by atoms with van der Waals surface area (Å²) in [6.07, 6.45) is 3.54. The van der Waals surface area contributed by atoms with E-state index in [1.54, 1.807) is 12.1 Å². The molecule has 4 nitrogen and oxygen atoms in total. The molecule has 0 radical (unpaired) electrons. The fourth-order valence-corrected chi connectivity index (χ4v) is 4.06. The van der Waals surface area contributed by atoms with Gasteiger partial charge >= 0.3 is 0 Å². The standard InChI is InChI=1S/C15H16FN3OS/c16-11-3-1-2-4-13(11)21-8-14-18-15(20-19-14)10-7-9-5-6-12(10)17-9/h1-4,9-10,12,17H,5-8H2. The lowest BCUT2D eigenvalue weighted by molar-refractivity contribution is 0.327. The number of nitrogens with zero attached hydrogens (tertiary/aromatic N) is 2. The van der Waals surface area contributed by atoms with Crippen LogP contribution in [0.25, 0.3) is 0 Å². The Morgan fingerprint density at radius 3 is 3.00 bits per heavy atom. The fraction of sp³-hybridized carbons (Fsp3) is 0.467. The molecule has 2 aliphatic heterocycles. The average molecular weight is 305 g/mol. The lowest BCUT2D eigenvalue weighted by atomic mass is 9.89. The molecule has 0 aliphatic carbocycles. The van der Waals surface area contributed by atoms with Crippen LogP contribution in [0.3, 0.4) is 0 Å². The fourth-order valence-electron chi connectivity index (χ4n) is 3.28. The van der Waals surface area contributed by atoms with Crippen molar-refractivity contribution in [2.24, 2.45) is 0 Å². The van der Waals surface area contributed by atoms with Gasteiger partial charge in [0.2, 0.25) is 5.89 Å². The van der Waals surface area contributed by atoms with Gasteiger partial charge in [-0.15, -0.1) is 11.8 Å². The second kappa shape index (κ2) is 5.42. The van der Waals surface area contributed by atoms with E-state index in [1.165, 1.54) is 30.7 Å². The average Bonchev–Trinajstić information content (AvgIpc) is 3.22. The molecule has 2 bridgehead atoms. The maximum absolute atomic E-state index is 13.6. The maximum atomic E-state index is 13.6. The third kappa shape index (κ3) is 2.58. The number of thioether (sulfide) groups is 1. The second-order valence-electron chi connectivity index (χ2n) is 5.66. The number of hydrogen-bond donors (Lipinski definition) is 1. The monoisotopic (exact) mass is 305 g/mol. The van der Waals surface area contributed by atoms with Gasteiger partial charge in [-0.2, -0.15) is 4.98 Å². The normalized spacial score (nSPS) is 27.4. The summed E-state index contributed by atoms with van der Waals surface area (Å²) in [4.78, 5) is 5.11. The molecule has 0 amide bonds. The molecule has 2 aliphatic rings. The highest BCUT2D eigenvalue weighted by molar-refractivity contribution is 7.98. The van der Waals surface area contributed by atoms with Crippen molar-refractivity contribution in [3.05, 3.63) is 41.8 Å². The molecule has 0 spiro atoms. The highest BCUT2D eigenvalue weighted by atomic mass is 32.2. The number of hydrogen-bond acceptors (Lipinski definition) is 5. The number of aromatic nitrogens is 2. The van der Waals surface area contributed by atoms with E-state index < -0.39 is 0 Å². The van der Waals surface area contributed by atoms with Gasteiger partial charge in [0.15, 0.2) is 5.82 Å². The largest absolute Gasteiger partial charge is 0.339 e. The van der Waals surface area contributed by atoms with Crippen molar-refractivity contribution in [2.45, 2.75) is 47.9 Å². The van der Waals surface area contributed by atoms with Crippen LogP contribution in [-0.2, 0) is 5.75 Å². The first-order valence-corrected chi connectivity index (χ1v) is 8.24. The van der Waals surface area contributed by atoms with Crippen LogP contribution in [0, 0.1) is 5.82 Å². The van der Waals surface area contributed by atoms with Crippen molar-refractivity contribution in [3.63, 3.8) is 0 Å². The summed E-state index contributed by atoms with van der Waals surface area (Å²) in [7, 11) is 0. The number of fused-ring (bicyclic) bond motifs is 2. The smallest absolute Gasteiger partial charge is 0.231 e. The molecule has 1 N–H and O–H groups in total. The minimum Gasteiger partial charge on any atom is -0.339 e. The molecule has 2 fully saturated rings. The first-order chi connectivity index (χ1) is 10.3. The minimum absolute atomic E-state index is 0.205. The molecular formula is C15H16FN3OS. The van der Waals surface area contributed by atoms with Crippen LogP contribution < -0.4 is 5.32 Å². The van der Waals surface area contributed by atoms with E-state index in [-0.39, 0.29) is 5.82 Å². The van der Waals surface area contributed by atoms with Crippen molar-refractivity contribution >= 4 is 11.8 Å². The van der Waals surface area contributed by atoms with Crippen molar-refractivity contribution in [1.29, 1.82) is 0 Å². The van der Waals surface area contributed by atoms with Crippen LogP contribution in [0.4, 0.5) is 4.39 Å². The number of rotatable bonds is 4. The van der Waals surface area contributed by atoms with Crippen LogP contribution in [0.15, 0.2) is 33.7 Å². The van der Waals surface area contributed by atoms with Crippen molar-refractivity contribution in [1.82, 2.24) is 15.5 Å². The molecule has 1 aromatic carbocycles. The van der Waals surface area contributed by atoms with Crippen molar-refractivity contribution in [2.75, 3.05) is 0 Å². The maximum Gasteiger partial charge on any atom is 0.231 e. The summed E-state index contributed by atoms with van der Waals surface area (Å²) < 4.78 is 19.0. The van der Waals surface area contributed by atoms with Gasteiger partial charge in [-0.1, -0.05) is 17.3 Å². The summed E-state index contributed by atoms with van der Waals surface area (Å²) in [6.45, 7) is 0. The number of benzene rings is 1. The van der Waals surface area contributed by atoms with Crippen molar-refractivity contribution < 1.29 is 8.91 Å². The second-order valence-corrected chi connectivity index (χ2v) is 6.67. The molecule has 4 rings (SSSR count). The third-order valence-electron chi connectivity index (χ3n) is 4.29. The van der Waals surface area contributed by atoms with Crippen LogP contribution >= 0.6 is 11.8 Å². The summed E-state index contributed by atoms with van der Waals surface area (Å²) >= 11 is 1.40. The topological polar surface area (TPSA) is 51.0 Å². The summed E-state index contributed by atoms with van der Waals surface area (Å²) in [5.74, 6) is 2.05. The minimum atomic E-state index is -0.205. The van der Waals surface area contributed by atoms with E-state index in [0.717, 1.165) is 12.3 Å². The molecule has 0 saturated carbocycles. The summed E-state index contributed by atoms with van der Waals surface area (Å²) in [6, 6.07) is 7.85. The Bertz CT molecular complexity index is 647. The third-order valence-corrected chi connectivity index (χ3v) is 5.34. The Morgan fingerprint density at radius 1 is 1.33 bits per heavy atom. The van der Waals surface area contributed by atoms with Gasteiger partial charge in [-0.05, 0) is 31.4 Å². The molecule has 3 atom stereocenters. The van der Waals surface area contributed by atoms with Gasteiger partial charge < -0.3 is 9.84 Å². The Morgan fingerprint density at radius 2 is 2.24 bits per heavy atom. The van der Waals surface area contributed by atoms with E-state index >= 15 is 0 Å².